The molecule has 12 heavy (non-hydrogen) atoms. The zero-order valence-corrected chi connectivity index (χ0v) is 7.92. The average molecular weight is 168 g/mol. The Labute approximate surface area is 73.5 Å². The topological polar surface area (TPSA) is 29.5 Å². The summed E-state index contributed by atoms with van der Waals surface area (Å²) in [6, 6.07) is 0. The monoisotopic (exact) mass is 168 g/mol. The maximum Gasteiger partial charge on any atom is 0.119 e. The lowest BCUT2D eigenvalue weighted by atomic mass is 9.88. The van der Waals surface area contributed by atoms with Gasteiger partial charge in [-0.1, -0.05) is 11.6 Å². The first-order chi connectivity index (χ1) is 5.57. The lowest BCUT2D eigenvalue weighted by molar-refractivity contribution is -0.304. The predicted molar refractivity (Wildman–Crippen MR) is 48.9 cm³/mol. The van der Waals surface area contributed by atoms with Crippen molar-refractivity contribution in [3.63, 3.8) is 0 Å². The molecule has 1 atom stereocenters. The van der Waals surface area contributed by atoms with Gasteiger partial charge in [0.25, 0.3) is 0 Å². The second-order valence-electron chi connectivity index (χ2n) is 3.76. The Morgan fingerprint density at radius 3 is 2.58 bits per heavy atom. The van der Waals surface area contributed by atoms with Crippen molar-refractivity contribution >= 4 is 0 Å². The molecule has 0 radical (unpaired) electrons. The minimum Gasteiger partial charge on any atom is -0.251 e. The van der Waals surface area contributed by atoms with Gasteiger partial charge in [-0.15, -0.1) is 0 Å². The summed E-state index contributed by atoms with van der Waals surface area (Å²) in [5.41, 5.74) is 2.22. The van der Waals surface area contributed by atoms with Crippen molar-refractivity contribution in [1.82, 2.24) is 0 Å². The van der Waals surface area contributed by atoms with Crippen molar-refractivity contribution < 1.29 is 10.1 Å². The normalized spacial score (nSPS) is 29.2. The third-order valence-corrected chi connectivity index (χ3v) is 2.38. The minimum absolute atomic E-state index is 0.473. The van der Waals surface area contributed by atoms with E-state index in [1.807, 2.05) is 19.1 Å². The van der Waals surface area contributed by atoms with Crippen molar-refractivity contribution in [3.8, 4) is 0 Å². The Balaban J connectivity index is 2.78. The van der Waals surface area contributed by atoms with Gasteiger partial charge in [-0.2, -0.15) is 0 Å². The van der Waals surface area contributed by atoms with Crippen LogP contribution in [0.15, 0.2) is 23.3 Å². The second kappa shape index (κ2) is 3.42. The quantitative estimate of drug-likeness (QED) is 0.482. The van der Waals surface area contributed by atoms with E-state index in [-0.39, 0.29) is 0 Å². The summed E-state index contributed by atoms with van der Waals surface area (Å²) in [5, 5.41) is 8.61. The molecule has 0 aromatic rings. The Morgan fingerprint density at radius 1 is 1.58 bits per heavy atom. The van der Waals surface area contributed by atoms with Crippen molar-refractivity contribution in [2.45, 2.75) is 39.2 Å². The smallest absolute Gasteiger partial charge is 0.119 e. The van der Waals surface area contributed by atoms with Gasteiger partial charge in [-0.3, -0.25) is 5.26 Å². The molecule has 0 saturated heterocycles. The maximum atomic E-state index is 8.61. The van der Waals surface area contributed by atoms with E-state index in [0.29, 0.717) is 0 Å². The Kier molecular flexibility index (Phi) is 2.70. The Morgan fingerprint density at radius 2 is 2.25 bits per heavy atom. The van der Waals surface area contributed by atoms with Crippen LogP contribution in [0.3, 0.4) is 0 Å². The van der Waals surface area contributed by atoms with Crippen LogP contribution in [-0.4, -0.2) is 10.9 Å². The molecule has 2 heteroatoms. The molecule has 0 aromatic heterocycles. The Hall–Kier alpha value is -0.600. The molecule has 1 aliphatic rings. The molecule has 1 rings (SSSR count). The molecule has 0 fully saturated rings. The fourth-order valence-electron chi connectivity index (χ4n) is 1.32. The molecule has 0 bridgehead atoms. The first-order valence-electron chi connectivity index (χ1n) is 4.25. The van der Waals surface area contributed by atoms with Crippen molar-refractivity contribution in [2.75, 3.05) is 0 Å². The molecule has 1 N–H and O–H groups in total. The molecule has 2 nitrogen and oxygen atoms in total. The van der Waals surface area contributed by atoms with Crippen LogP contribution >= 0.6 is 0 Å². The summed E-state index contributed by atoms with van der Waals surface area (Å²) < 4.78 is 0. The van der Waals surface area contributed by atoms with Gasteiger partial charge < -0.3 is 0 Å². The number of hydrogen-bond donors (Lipinski definition) is 1. The summed E-state index contributed by atoms with van der Waals surface area (Å²) >= 11 is 0. The standard InChI is InChI=1S/C10H16O2/c1-8(2)9-4-6-10(3,12-11)7-5-9/h4,6,11H,5,7H2,1-3H3. The van der Waals surface area contributed by atoms with Gasteiger partial charge in [-0.05, 0) is 45.3 Å². The summed E-state index contributed by atoms with van der Waals surface area (Å²) in [6.07, 6.45) is 5.78. The van der Waals surface area contributed by atoms with Crippen LogP contribution in [0, 0.1) is 0 Å². The van der Waals surface area contributed by atoms with E-state index in [0.717, 1.165) is 12.8 Å². The van der Waals surface area contributed by atoms with Crippen molar-refractivity contribution in [2.24, 2.45) is 0 Å². The highest BCUT2D eigenvalue weighted by molar-refractivity contribution is 5.29. The summed E-state index contributed by atoms with van der Waals surface area (Å²) in [5.74, 6) is 0. The van der Waals surface area contributed by atoms with Gasteiger partial charge in [0.15, 0.2) is 0 Å². The van der Waals surface area contributed by atoms with Crippen LogP contribution in [0.4, 0.5) is 0 Å². The molecule has 1 aliphatic carbocycles. The summed E-state index contributed by atoms with van der Waals surface area (Å²) in [4.78, 5) is 4.40. The predicted octanol–water partition coefficient (Wildman–Crippen LogP) is 2.92. The second-order valence-corrected chi connectivity index (χ2v) is 3.76. The van der Waals surface area contributed by atoms with E-state index < -0.39 is 5.60 Å². The summed E-state index contributed by atoms with van der Waals surface area (Å²) in [6.45, 7) is 6.08. The van der Waals surface area contributed by atoms with Crippen molar-refractivity contribution in [1.29, 1.82) is 0 Å². The van der Waals surface area contributed by atoms with Crippen LogP contribution in [0.1, 0.15) is 33.6 Å². The highest BCUT2D eigenvalue weighted by atomic mass is 17.1. The lowest BCUT2D eigenvalue weighted by Gasteiger charge is -2.26. The number of hydrogen-bond acceptors (Lipinski definition) is 2. The molecule has 0 heterocycles. The fourth-order valence-corrected chi connectivity index (χ4v) is 1.32. The first kappa shape index (κ1) is 9.49. The van der Waals surface area contributed by atoms with Gasteiger partial charge in [0.05, 0.1) is 0 Å². The molecule has 0 spiro atoms. The molecule has 0 saturated carbocycles. The van der Waals surface area contributed by atoms with E-state index in [1.54, 1.807) is 0 Å². The van der Waals surface area contributed by atoms with Gasteiger partial charge in [0.2, 0.25) is 0 Å². The van der Waals surface area contributed by atoms with E-state index in [1.165, 1.54) is 11.1 Å². The number of rotatable bonds is 1. The third-order valence-electron chi connectivity index (χ3n) is 2.38. The first-order valence-corrected chi connectivity index (χ1v) is 4.25. The van der Waals surface area contributed by atoms with Gasteiger partial charge in [0, 0.05) is 0 Å². The highest BCUT2D eigenvalue weighted by Crippen LogP contribution is 2.28. The molecule has 0 aliphatic heterocycles. The van der Waals surface area contributed by atoms with Gasteiger partial charge in [-0.25, -0.2) is 4.89 Å². The van der Waals surface area contributed by atoms with Crippen LogP contribution in [0.2, 0.25) is 0 Å². The van der Waals surface area contributed by atoms with Gasteiger partial charge >= 0.3 is 0 Å². The lowest BCUT2D eigenvalue weighted by Crippen LogP contribution is -2.26. The van der Waals surface area contributed by atoms with E-state index >= 15 is 0 Å². The van der Waals surface area contributed by atoms with Crippen LogP contribution in [0.5, 0.6) is 0 Å². The molecular formula is C10H16O2. The molecule has 0 aromatic carbocycles. The SMILES string of the molecule is CC(C)=C1C=CC(C)(OO)CC1. The zero-order valence-electron chi connectivity index (χ0n) is 7.92. The van der Waals surface area contributed by atoms with Crippen LogP contribution in [-0.2, 0) is 4.89 Å². The minimum atomic E-state index is -0.473. The van der Waals surface area contributed by atoms with Crippen LogP contribution in [0.25, 0.3) is 0 Å². The van der Waals surface area contributed by atoms with E-state index in [9.17, 15) is 0 Å². The van der Waals surface area contributed by atoms with E-state index in [2.05, 4.69) is 18.7 Å². The highest BCUT2D eigenvalue weighted by Gasteiger charge is 2.25. The largest absolute Gasteiger partial charge is 0.251 e. The molecule has 68 valence electrons. The Bertz CT molecular complexity index is 224. The maximum absolute atomic E-state index is 8.61. The van der Waals surface area contributed by atoms with E-state index in [4.69, 9.17) is 5.26 Å². The summed E-state index contributed by atoms with van der Waals surface area (Å²) in [7, 11) is 0. The van der Waals surface area contributed by atoms with Crippen molar-refractivity contribution in [3.05, 3.63) is 23.3 Å². The number of allylic oxidation sites excluding steroid dienone is 3. The van der Waals surface area contributed by atoms with Crippen LogP contribution < -0.4 is 0 Å². The molecular weight excluding hydrogens is 152 g/mol. The average Bonchev–Trinajstić information content (AvgIpc) is 2.05. The molecule has 1 unspecified atom stereocenters. The van der Waals surface area contributed by atoms with Gasteiger partial charge in [0.1, 0.15) is 5.60 Å². The third kappa shape index (κ3) is 1.96. The molecule has 0 amide bonds. The fraction of sp³-hybridized carbons (Fsp3) is 0.600. The zero-order chi connectivity index (χ0) is 9.19.